The van der Waals surface area contributed by atoms with Gasteiger partial charge in [-0.15, -0.1) is 0 Å². The Bertz CT molecular complexity index is 66.0. The highest BCUT2D eigenvalue weighted by atomic mass is 32.2. The number of hydrogen-bond acceptors (Lipinski definition) is 3. The van der Waals surface area contributed by atoms with Gasteiger partial charge in [-0.05, 0) is 0 Å². The molecule has 4 nitrogen and oxygen atoms in total. The third-order valence-electron chi connectivity index (χ3n) is 0.326. The summed E-state index contributed by atoms with van der Waals surface area (Å²) >= 11 is 1.19. The van der Waals surface area contributed by atoms with E-state index < -0.39 is 0 Å². The molecule has 0 unspecified atom stereocenters. The lowest BCUT2D eigenvalue weighted by molar-refractivity contribution is 0.247. The molecule has 2 amide bonds. The molecule has 0 fully saturated rings. The topological polar surface area (TPSA) is 67.2 Å². The number of amides is 2. The van der Waals surface area contributed by atoms with Gasteiger partial charge in [0, 0.05) is 6.26 Å². The smallest absolute Gasteiger partial charge is 0.281 e. The first kappa shape index (κ1) is 6.58. The Morgan fingerprint density at radius 3 is 2.57 bits per heavy atom. The molecule has 0 atom stereocenters. The number of carbonyl (C=O) groups excluding carboxylic acids is 1. The van der Waals surface area contributed by atoms with Crippen LogP contribution in [0.4, 0.5) is 4.79 Å². The molecule has 5 heteroatoms. The molecule has 0 saturated heterocycles. The summed E-state index contributed by atoms with van der Waals surface area (Å²) in [4.78, 5) is 10.0. The van der Waals surface area contributed by atoms with E-state index in [1.165, 1.54) is 11.9 Å². The monoisotopic (exact) mass is 121 g/mol. The lowest BCUT2D eigenvalue weighted by Gasteiger charge is -1.94. The fourth-order valence-electron chi connectivity index (χ4n) is 0.122. The standard InChI is InChI=1S/C2H7N3OS/c1-7-5-2(6)4-3/h3H2,1H3,(H2,4,5,6). The van der Waals surface area contributed by atoms with Crippen LogP contribution in [0.5, 0.6) is 0 Å². The second-order valence-corrected chi connectivity index (χ2v) is 1.39. The third kappa shape index (κ3) is 3.41. The van der Waals surface area contributed by atoms with Crippen molar-refractivity contribution < 1.29 is 4.79 Å². The summed E-state index contributed by atoms with van der Waals surface area (Å²) in [5.74, 6) is 4.68. The summed E-state index contributed by atoms with van der Waals surface area (Å²) in [6, 6.07) is -0.382. The van der Waals surface area contributed by atoms with Crippen LogP contribution in [-0.2, 0) is 0 Å². The number of carbonyl (C=O) groups is 1. The average molecular weight is 121 g/mol. The van der Waals surface area contributed by atoms with Crippen LogP contribution in [0.2, 0.25) is 0 Å². The van der Waals surface area contributed by atoms with Crippen LogP contribution in [0.25, 0.3) is 0 Å². The molecule has 0 aromatic carbocycles. The van der Waals surface area contributed by atoms with Crippen molar-refractivity contribution in [1.29, 1.82) is 0 Å². The SMILES string of the molecule is CSNC(=O)NN. The minimum atomic E-state index is -0.382. The predicted octanol–water partition coefficient (Wildman–Crippen LogP) is -0.563. The number of nitrogens with two attached hydrogens (primary N) is 1. The van der Waals surface area contributed by atoms with Crippen LogP contribution in [0, 0.1) is 0 Å². The largest absolute Gasteiger partial charge is 0.338 e. The van der Waals surface area contributed by atoms with Gasteiger partial charge in [-0.25, -0.2) is 10.6 Å². The first-order valence-corrected chi connectivity index (χ1v) is 2.83. The van der Waals surface area contributed by atoms with Crippen molar-refractivity contribution in [2.45, 2.75) is 0 Å². The third-order valence-corrected chi connectivity index (χ3v) is 0.715. The van der Waals surface area contributed by atoms with E-state index in [0.29, 0.717) is 0 Å². The van der Waals surface area contributed by atoms with E-state index in [0.717, 1.165) is 0 Å². The summed E-state index contributed by atoms with van der Waals surface area (Å²) in [6.07, 6.45) is 1.73. The molecule has 0 aliphatic rings. The van der Waals surface area contributed by atoms with Gasteiger partial charge in [-0.2, -0.15) is 0 Å². The van der Waals surface area contributed by atoms with E-state index in [9.17, 15) is 4.79 Å². The van der Waals surface area contributed by atoms with Crippen LogP contribution in [0.1, 0.15) is 0 Å². The molecule has 0 aromatic rings. The molecule has 42 valence electrons. The summed E-state index contributed by atoms with van der Waals surface area (Å²) in [5.41, 5.74) is 1.90. The normalized spacial score (nSPS) is 7.71. The molecule has 0 heterocycles. The molecule has 0 saturated carbocycles. The Morgan fingerprint density at radius 1 is 1.86 bits per heavy atom. The molecule has 4 N–H and O–H groups in total. The summed E-state index contributed by atoms with van der Waals surface area (Å²) < 4.78 is 2.34. The fraction of sp³-hybridized carbons (Fsp3) is 0.500. The van der Waals surface area contributed by atoms with Crippen molar-refractivity contribution in [3.8, 4) is 0 Å². The van der Waals surface area contributed by atoms with E-state index in [2.05, 4.69) is 10.6 Å². The van der Waals surface area contributed by atoms with Crippen LogP contribution in [0.15, 0.2) is 0 Å². The summed E-state index contributed by atoms with van der Waals surface area (Å²) in [6.45, 7) is 0. The highest BCUT2D eigenvalue weighted by Gasteiger charge is 1.87. The van der Waals surface area contributed by atoms with Crippen LogP contribution in [0.3, 0.4) is 0 Å². The molecular weight excluding hydrogens is 114 g/mol. The van der Waals surface area contributed by atoms with Crippen molar-refractivity contribution in [3.63, 3.8) is 0 Å². The quantitative estimate of drug-likeness (QED) is 0.188. The van der Waals surface area contributed by atoms with Crippen molar-refractivity contribution in [2.75, 3.05) is 6.26 Å². The number of urea groups is 1. The van der Waals surface area contributed by atoms with Gasteiger partial charge in [0.1, 0.15) is 0 Å². The number of hydrogen-bond donors (Lipinski definition) is 3. The maximum atomic E-state index is 10.0. The lowest BCUT2D eigenvalue weighted by Crippen LogP contribution is -2.36. The van der Waals surface area contributed by atoms with E-state index in [1.807, 2.05) is 5.43 Å². The van der Waals surface area contributed by atoms with Gasteiger partial charge in [0.25, 0.3) is 0 Å². The molecule has 0 aromatic heterocycles. The minimum Gasteiger partial charge on any atom is -0.281 e. The zero-order chi connectivity index (χ0) is 5.70. The second kappa shape index (κ2) is 3.76. The maximum Gasteiger partial charge on any atom is 0.338 e. The Labute approximate surface area is 45.9 Å². The number of nitrogens with one attached hydrogen (secondary N) is 2. The van der Waals surface area contributed by atoms with Crippen molar-refractivity contribution in [2.24, 2.45) is 5.84 Å². The van der Waals surface area contributed by atoms with E-state index in [4.69, 9.17) is 0 Å². The zero-order valence-corrected chi connectivity index (χ0v) is 4.71. The van der Waals surface area contributed by atoms with Gasteiger partial charge in [-0.3, -0.25) is 10.1 Å². The predicted molar refractivity (Wildman–Crippen MR) is 29.4 cm³/mol. The van der Waals surface area contributed by atoms with E-state index >= 15 is 0 Å². The molecule has 0 bridgehead atoms. The number of hydrazine groups is 1. The molecule has 0 aliphatic heterocycles. The fourth-order valence-corrected chi connectivity index (χ4v) is 0.366. The summed E-state index contributed by atoms with van der Waals surface area (Å²) in [7, 11) is 0. The molecule has 0 spiro atoms. The Morgan fingerprint density at radius 2 is 2.43 bits per heavy atom. The van der Waals surface area contributed by atoms with Crippen molar-refractivity contribution in [3.05, 3.63) is 0 Å². The van der Waals surface area contributed by atoms with Crippen molar-refractivity contribution in [1.82, 2.24) is 10.1 Å². The molecule has 0 aliphatic carbocycles. The Balaban J connectivity index is 3.00. The van der Waals surface area contributed by atoms with Crippen molar-refractivity contribution >= 4 is 18.0 Å². The molecule has 0 rings (SSSR count). The average Bonchev–Trinajstić information content (AvgIpc) is 1.68. The highest BCUT2D eigenvalue weighted by molar-refractivity contribution is 7.97. The van der Waals surface area contributed by atoms with Gasteiger partial charge >= 0.3 is 6.03 Å². The Kier molecular flexibility index (Phi) is 3.53. The Hall–Kier alpha value is -0.420. The molecular formula is C2H7N3OS. The summed E-state index contributed by atoms with van der Waals surface area (Å²) in [5, 5.41) is 0. The first-order chi connectivity index (χ1) is 3.31. The van der Waals surface area contributed by atoms with Gasteiger partial charge in [-0.1, -0.05) is 11.9 Å². The number of rotatable bonds is 1. The molecule has 7 heavy (non-hydrogen) atoms. The minimum absolute atomic E-state index is 0.382. The maximum absolute atomic E-state index is 10.0. The van der Waals surface area contributed by atoms with Gasteiger partial charge < -0.3 is 0 Å². The lowest BCUT2D eigenvalue weighted by atomic mass is 11.2. The first-order valence-electron chi connectivity index (χ1n) is 1.61. The van der Waals surface area contributed by atoms with Gasteiger partial charge in [0.05, 0.1) is 0 Å². The van der Waals surface area contributed by atoms with Crippen LogP contribution in [-0.4, -0.2) is 12.3 Å². The molecule has 0 radical (unpaired) electrons. The van der Waals surface area contributed by atoms with E-state index in [-0.39, 0.29) is 6.03 Å². The zero-order valence-electron chi connectivity index (χ0n) is 3.89. The second-order valence-electron chi connectivity index (χ2n) is 0.780. The highest BCUT2D eigenvalue weighted by Crippen LogP contribution is 1.77. The van der Waals surface area contributed by atoms with E-state index in [1.54, 1.807) is 6.26 Å². The van der Waals surface area contributed by atoms with Gasteiger partial charge in [0.2, 0.25) is 0 Å². The van der Waals surface area contributed by atoms with Crippen LogP contribution >= 0.6 is 11.9 Å². The van der Waals surface area contributed by atoms with Crippen LogP contribution < -0.4 is 16.0 Å². The van der Waals surface area contributed by atoms with Gasteiger partial charge in [0.15, 0.2) is 0 Å².